The maximum atomic E-state index is 13.9. The number of aromatic amines is 1. The molecule has 0 fully saturated rings. The van der Waals surface area contributed by atoms with Crippen molar-refractivity contribution in [2.45, 2.75) is 6.92 Å². The van der Waals surface area contributed by atoms with E-state index in [0.717, 1.165) is 0 Å². The summed E-state index contributed by atoms with van der Waals surface area (Å²) in [6, 6.07) is 6.01. The smallest absolute Gasteiger partial charge is 0.266 e. The van der Waals surface area contributed by atoms with Crippen molar-refractivity contribution >= 4 is 11.6 Å². The van der Waals surface area contributed by atoms with Gasteiger partial charge in [0.2, 0.25) is 0 Å². The summed E-state index contributed by atoms with van der Waals surface area (Å²) >= 11 is 5.96. The second kappa shape index (κ2) is 4.63. The molecule has 18 heavy (non-hydrogen) atoms. The third-order valence-corrected chi connectivity index (χ3v) is 2.93. The normalized spacial score (nSPS) is 10.1. The van der Waals surface area contributed by atoms with Gasteiger partial charge in [0.1, 0.15) is 17.4 Å². The van der Waals surface area contributed by atoms with E-state index in [0.29, 0.717) is 5.56 Å². The molecule has 1 aromatic heterocycles. The summed E-state index contributed by atoms with van der Waals surface area (Å²) in [5.41, 5.74) is 0.209. The van der Waals surface area contributed by atoms with E-state index in [2.05, 4.69) is 4.98 Å². The van der Waals surface area contributed by atoms with E-state index in [1.165, 1.54) is 24.4 Å². The SMILES string of the molecule is Cc1c[nH]c(=O)c(C#N)c1-c1c(F)cccc1Cl. The highest BCUT2D eigenvalue weighted by atomic mass is 35.5. The Bertz CT molecular complexity index is 696. The predicted molar refractivity (Wildman–Crippen MR) is 66.9 cm³/mol. The molecule has 2 rings (SSSR count). The third kappa shape index (κ3) is 1.89. The average molecular weight is 263 g/mol. The van der Waals surface area contributed by atoms with Crippen LogP contribution in [0.1, 0.15) is 11.1 Å². The standard InChI is InChI=1S/C13H8ClFN2O/c1-7-6-17-13(18)8(5-16)11(7)12-9(14)3-2-4-10(12)15/h2-4,6H,1H3,(H,17,18). The molecule has 1 heterocycles. The molecule has 5 heteroatoms. The van der Waals surface area contributed by atoms with E-state index in [-0.39, 0.29) is 21.7 Å². The van der Waals surface area contributed by atoms with Crippen LogP contribution in [0, 0.1) is 24.1 Å². The lowest BCUT2D eigenvalue weighted by Crippen LogP contribution is -2.12. The van der Waals surface area contributed by atoms with Crippen LogP contribution in [0.15, 0.2) is 29.2 Å². The molecule has 2 aromatic rings. The zero-order chi connectivity index (χ0) is 13.3. The number of pyridine rings is 1. The van der Waals surface area contributed by atoms with E-state index in [1.54, 1.807) is 13.0 Å². The highest BCUT2D eigenvalue weighted by Gasteiger charge is 2.18. The molecule has 0 amide bonds. The zero-order valence-corrected chi connectivity index (χ0v) is 10.2. The molecule has 0 atom stereocenters. The van der Waals surface area contributed by atoms with Crippen molar-refractivity contribution in [1.82, 2.24) is 4.98 Å². The molecule has 0 saturated carbocycles. The number of hydrogen-bond donors (Lipinski definition) is 1. The van der Waals surface area contributed by atoms with Gasteiger partial charge in [0.15, 0.2) is 0 Å². The molecule has 0 unspecified atom stereocenters. The van der Waals surface area contributed by atoms with Gasteiger partial charge < -0.3 is 4.98 Å². The molecular weight excluding hydrogens is 255 g/mol. The Morgan fingerprint density at radius 2 is 2.11 bits per heavy atom. The molecule has 1 aromatic carbocycles. The largest absolute Gasteiger partial charge is 0.328 e. The monoisotopic (exact) mass is 262 g/mol. The lowest BCUT2D eigenvalue weighted by molar-refractivity contribution is 0.631. The van der Waals surface area contributed by atoms with Crippen LogP contribution in [0.3, 0.4) is 0 Å². The van der Waals surface area contributed by atoms with Crippen LogP contribution in [0.4, 0.5) is 4.39 Å². The van der Waals surface area contributed by atoms with Gasteiger partial charge in [-0.1, -0.05) is 17.7 Å². The Morgan fingerprint density at radius 1 is 1.39 bits per heavy atom. The number of nitriles is 1. The maximum absolute atomic E-state index is 13.9. The molecular formula is C13H8ClFN2O. The van der Waals surface area contributed by atoms with Gasteiger partial charge in [-0.25, -0.2) is 4.39 Å². The molecule has 90 valence electrons. The number of nitrogens with one attached hydrogen (secondary N) is 1. The first-order valence-corrected chi connectivity index (χ1v) is 5.51. The summed E-state index contributed by atoms with van der Waals surface area (Å²) in [5.74, 6) is -0.562. The van der Waals surface area contributed by atoms with Gasteiger partial charge in [-0.05, 0) is 24.6 Å². The summed E-state index contributed by atoms with van der Waals surface area (Å²) in [6.07, 6.45) is 1.43. The van der Waals surface area contributed by atoms with E-state index in [1.807, 2.05) is 0 Å². The van der Waals surface area contributed by atoms with Crippen LogP contribution in [0.25, 0.3) is 11.1 Å². The third-order valence-electron chi connectivity index (χ3n) is 2.62. The fourth-order valence-corrected chi connectivity index (χ4v) is 2.05. The average Bonchev–Trinajstić information content (AvgIpc) is 2.33. The van der Waals surface area contributed by atoms with Crippen molar-refractivity contribution < 1.29 is 4.39 Å². The van der Waals surface area contributed by atoms with Crippen LogP contribution in [-0.2, 0) is 0 Å². The molecule has 0 radical (unpaired) electrons. The van der Waals surface area contributed by atoms with Gasteiger partial charge in [0.25, 0.3) is 5.56 Å². The lowest BCUT2D eigenvalue weighted by atomic mass is 9.97. The number of aromatic nitrogens is 1. The maximum Gasteiger partial charge on any atom is 0.266 e. The molecule has 0 aliphatic carbocycles. The van der Waals surface area contributed by atoms with Crippen LogP contribution < -0.4 is 5.56 Å². The van der Waals surface area contributed by atoms with Gasteiger partial charge in [-0.3, -0.25) is 4.79 Å². The Kier molecular flexibility index (Phi) is 3.17. The Morgan fingerprint density at radius 3 is 2.72 bits per heavy atom. The number of hydrogen-bond acceptors (Lipinski definition) is 2. The minimum absolute atomic E-state index is 0.0827. The molecule has 0 saturated heterocycles. The number of benzene rings is 1. The summed E-state index contributed by atoms with van der Waals surface area (Å²) < 4.78 is 13.9. The Labute approximate surface area is 107 Å². The molecule has 0 bridgehead atoms. The van der Waals surface area contributed by atoms with Crippen molar-refractivity contribution in [2.24, 2.45) is 0 Å². The minimum atomic E-state index is -0.562. The van der Waals surface area contributed by atoms with Crippen molar-refractivity contribution in [3.8, 4) is 17.2 Å². The zero-order valence-electron chi connectivity index (χ0n) is 9.42. The first kappa shape index (κ1) is 12.3. The molecule has 3 nitrogen and oxygen atoms in total. The van der Waals surface area contributed by atoms with Crippen molar-refractivity contribution in [3.05, 3.63) is 56.7 Å². The second-order valence-corrected chi connectivity index (χ2v) is 4.17. The van der Waals surface area contributed by atoms with Gasteiger partial charge in [0.05, 0.1) is 5.02 Å². The summed E-state index contributed by atoms with van der Waals surface area (Å²) in [7, 11) is 0. The first-order chi connectivity index (χ1) is 8.56. The Balaban J connectivity index is 2.93. The van der Waals surface area contributed by atoms with E-state index >= 15 is 0 Å². The van der Waals surface area contributed by atoms with E-state index in [9.17, 15) is 9.18 Å². The van der Waals surface area contributed by atoms with Gasteiger partial charge in [-0.2, -0.15) is 5.26 Å². The lowest BCUT2D eigenvalue weighted by Gasteiger charge is -2.10. The minimum Gasteiger partial charge on any atom is -0.328 e. The molecule has 0 spiro atoms. The fourth-order valence-electron chi connectivity index (χ4n) is 1.79. The first-order valence-electron chi connectivity index (χ1n) is 5.13. The van der Waals surface area contributed by atoms with Crippen LogP contribution >= 0.6 is 11.6 Å². The van der Waals surface area contributed by atoms with E-state index < -0.39 is 11.4 Å². The van der Waals surface area contributed by atoms with Gasteiger partial charge in [0, 0.05) is 17.3 Å². The quantitative estimate of drug-likeness (QED) is 0.859. The van der Waals surface area contributed by atoms with Gasteiger partial charge >= 0.3 is 0 Å². The molecule has 0 aliphatic heterocycles. The fraction of sp³-hybridized carbons (Fsp3) is 0.0769. The second-order valence-electron chi connectivity index (χ2n) is 3.76. The van der Waals surface area contributed by atoms with Crippen molar-refractivity contribution in [3.63, 3.8) is 0 Å². The molecule has 1 N–H and O–H groups in total. The summed E-state index contributed by atoms with van der Waals surface area (Å²) in [5, 5.41) is 9.20. The highest BCUT2D eigenvalue weighted by Crippen LogP contribution is 2.33. The summed E-state index contributed by atoms with van der Waals surface area (Å²) in [6.45, 7) is 1.68. The predicted octanol–water partition coefficient (Wildman–Crippen LogP) is 3.01. The number of aryl methyl sites for hydroxylation is 1. The van der Waals surface area contributed by atoms with Crippen LogP contribution in [0.5, 0.6) is 0 Å². The number of rotatable bonds is 1. The van der Waals surface area contributed by atoms with Crippen LogP contribution in [-0.4, -0.2) is 4.98 Å². The number of H-pyrrole nitrogens is 1. The van der Waals surface area contributed by atoms with Gasteiger partial charge in [-0.15, -0.1) is 0 Å². The number of nitrogens with zero attached hydrogens (tertiary/aromatic N) is 1. The highest BCUT2D eigenvalue weighted by molar-refractivity contribution is 6.33. The summed E-state index contributed by atoms with van der Waals surface area (Å²) in [4.78, 5) is 14.0. The van der Waals surface area contributed by atoms with Crippen molar-refractivity contribution in [2.75, 3.05) is 0 Å². The molecule has 0 aliphatic rings. The van der Waals surface area contributed by atoms with Crippen LogP contribution in [0.2, 0.25) is 5.02 Å². The topological polar surface area (TPSA) is 56.6 Å². The Hall–Kier alpha value is -2.12. The van der Waals surface area contributed by atoms with E-state index in [4.69, 9.17) is 16.9 Å². The van der Waals surface area contributed by atoms with Crippen molar-refractivity contribution in [1.29, 1.82) is 5.26 Å². The number of halogens is 2.